The molecule has 1 aliphatic rings. The highest BCUT2D eigenvalue weighted by Gasteiger charge is 2.33. The van der Waals surface area contributed by atoms with E-state index < -0.39 is 17.3 Å². The molecule has 46 heavy (non-hydrogen) atoms. The fourth-order valence-corrected chi connectivity index (χ4v) is 6.70. The number of aliphatic hydroxyl groups is 1. The summed E-state index contributed by atoms with van der Waals surface area (Å²) in [5.41, 5.74) is 3.15. The Hall–Kier alpha value is -4.83. The molecule has 0 spiro atoms. The number of carbonyl (C=O) groups is 1. The van der Waals surface area contributed by atoms with E-state index >= 15 is 0 Å². The van der Waals surface area contributed by atoms with Gasteiger partial charge in [0.25, 0.3) is 5.56 Å². The Kier molecular flexibility index (Phi) is 8.99. The highest BCUT2D eigenvalue weighted by molar-refractivity contribution is 5.84. The van der Waals surface area contributed by atoms with Crippen LogP contribution in [0.25, 0.3) is 11.2 Å². The molecular formula is C36H38FN5O4. The summed E-state index contributed by atoms with van der Waals surface area (Å²) in [6, 6.07) is 23.0. The zero-order chi connectivity index (χ0) is 32.4. The maximum absolute atomic E-state index is 13.8. The highest BCUT2D eigenvalue weighted by atomic mass is 19.1. The molecule has 1 unspecified atom stereocenters. The van der Waals surface area contributed by atoms with Gasteiger partial charge in [-0.25, -0.2) is 14.2 Å². The minimum atomic E-state index is -0.496. The molecule has 9 nitrogen and oxygen atoms in total. The van der Waals surface area contributed by atoms with E-state index in [1.54, 1.807) is 19.2 Å². The third-order valence-corrected chi connectivity index (χ3v) is 9.24. The lowest BCUT2D eigenvalue weighted by Gasteiger charge is -2.26. The van der Waals surface area contributed by atoms with E-state index in [1.165, 1.54) is 23.7 Å². The number of hydrogen-bond donors (Lipinski definition) is 2. The Morgan fingerprint density at radius 3 is 2.22 bits per heavy atom. The van der Waals surface area contributed by atoms with Crippen molar-refractivity contribution in [3.8, 4) is 0 Å². The van der Waals surface area contributed by atoms with Gasteiger partial charge in [-0.1, -0.05) is 79.6 Å². The van der Waals surface area contributed by atoms with Crippen molar-refractivity contribution >= 4 is 17.1 Å². The van der Waals surface area contributed by atoms with E-state index in [4.69, 9.17) is 4.98 Å². The highest BCUT2D eigenvalue weighted by Crippen LogP contribution is 2.38. The quantitative estimate of drug-likeness (QED) is 0.241. The van der Waals surface area contributed by atoms with Crippen molar-refractivity contribution in [2.24, 2.45) is 20.0 Å². The molecule has 0 aliphatic heterocycles. The number of carbonyl (C=O) groups excluding carboxylic acids is 1. The van der Waals surface area contributed by atoms with Crippen LogP contribution in [0.1, 0.15) is 65.7 Å². The minimum Gasteiger partial charge on any atom is -0.394 e. The van der Waals surface area contributed by atoms with Gasteiger partial charge in [-0.3, -0.25) is 18.7 Å². The van der Waals surface area contributed by atoms with Crippen molar-refractivity contribution in [2.75, 3.05) is 6.61 Å². The van der Waals surface area contributed by atoms with Crippen LogP contribution in [0.2, 0.25) is 0 Å². The summed E-state index contributed by atoms with van der Waals surface area (Å²) in [7, 11) is 3.04. The SMILES string of the molecule is Cn1c(=O)c2c(nc(Cc3ccc(F)cc3)n2Cc2ccc(C(C(=O)N[C@@H](CO)c3ccccc3)C3CCCC3)cc2)n(C)c1=O. The van der Waals surface area contributed by atoms with Crippen LogP contribution in [0, 0.1) is 11.7 Å². The van der Waals surface area contributed by atoms with Crippen LogP contribution in [0.15, 0.2) is 88.5 Å². The van der Waals surface area contributed by atoms with Crippen molar-refractivity contribution in [3.05, 3.63) is 134 Å². The Bertz CT molecular complexity index is 1960. The number of rotatable bonds is 10. The molecule has 2 atom stereocenters. The van der Waals surface area contributed by atoms with Crippen LogP contribution in [0.4, 0.5) is 4.39 Å². The molecule has 1 amide bonds. The maximum atomic E-state index is 13.8. The Morgan fingerprint density at radius 1 is 0.913 bits per heavy atom. The van der Waals surface area contributed by atoms with Gasteiger partial charge in [-0.2, -0.15) is 0 Å². The Balaban J connectivity index is 1.33. The summed E-state index contributed by atoms with van der Waals surface area (Å²) in [6.07, 6.45) is 4.42. The van der Waals surface area contributed by atoms with Gasteiger partial charge in [0.05, 0.1) is 18.6 Å². The van der Waals surface area contributed by atoms with Gasteiger partial charge in [0, 0.05) is 27.1 Å². The summed E-state index contributed by atoms with van der Waals surface area (Å²) in [5, 5.41) is 13.2. The second-order valence-corrected chi connectivity index (χ2v) is 12.2. The summed E-state index contributed by atoms with van der Waals surface area (Å²) in [5.74, 6) is -0.0353. The van der Waals surface area contributed by atoms with E-state index in [0.29, 0.717) is 24.3 Å². The number of hydrogen-bond acceptors (Lipinski definition) is 5. The van der Waals surface area contributed by atoms with Gasteiger partial charge >= 0.3 is 5.69 Å². The average molecular weight is 624 g/mol. The van der Waals surface area contributed by atoms with Crippen molar-refractivity contribution in [3.63, 3.8) is 0 Å². The predicted octanol–water partition coefficient (Wildman–Crippen LogP) is 4.34. The van der Waals surface area contributed by atoms with Crippen LogP contribution >= 0.6 is 0 Å². The monoisotopic (exact) mass is 623 g/mol. The number of aryl methyl sites for hydroxylation is 1. The lowest BCUT2D eigenvalue weighted by Crippen LogP contribution is -2.37. The van der Waals surface area contributed by atoms with Crippen LogP contribution in [-0.2, 0) is 31.9 Å². The van der Waals surface area contributed by atoms with E-state index in [-0.39, 0.29) is 35.8 Å². The van der Waals surface area contributed by atoms with E-state index in [2.05, 4.69) is 5.32 Å². The number of benzene rings is 3. The van der Waals surface area contributed by atoms with Crippen LogP contribution < -0.4 is 16.6 Å². The fraction of sp³-hybridized carbons (Fsp3) is 0.333. The molecule has 0 bridgehead atoms. The van der Waals surface area contributed by atoms with E-state index in [0.717, 1.165) is 52.5 Å². The lowest BCUT2D eigenvalue weighted by atomic mass is 9.83. The van der Waals surface area contributed by atoms with Gasteiger partial charge in [-0.15, -0.1) is 0 Å². The van der Waals surface area contributed by atoms with Gasteiger partial charge in [0.1, 0.15) is 11.6 Å². The maximum Gasteiger partial charge on any atom is 0.332 e. The van der Waals surface area contributed by atoms with E-state index in [9.17, 15) is 23.9 Å². The molecule has 10 heteroatoms. The molecular weight excluding hydrogens is 585 g/mol. The average Bonchev–Trinajstić information content (AvgIpc) is 3.73. The number of aliphatic hydroxyl groups excluding tert-OH is 1. The van der Waals surface area contributed by atoms with Crippen molar-refractivity contribution in [1.82, 2.24) is 24.0 Å². The topological polar surface area (TPSA) is 111 Å². The van der Waals surface area contributed by atoms with Crippen LogP contribution in [-0.4, -0.2) is 36.3 Å². The molecule has 0 radical (unpaired) electrons. The summed E-state index contributed by atoms with van der Waals surface area (Å²) >= 11 is 0. The van der Waals surface area contributed by atoms with E-state index in [1.807, 2.05) is 59.2 Å². The molecule has 1 aliphatic carbocycles. The smallest absolute Gasteiger partial charge is 0.332 e. The third kappa shape index (κ3) is 6.17. The zero-order valence-corrected chi connectivity index (χ0v) is 26.0. The molecule has 1 fully saturated rings. The molecule has 5 aromatic rings. The molecule has 3 aromatic carbocycles. The second-order valence-electron chi connectivity index (χ2n) is 12.2. The molecule has 2 heterocycles. The second kappa shape index (κ2) is 13.3. The molecule has 6 rings (SSSR count). The summed E-state index contributed by atoms with van der Waals surface area (Å²) in [4.78, 5) is 44.6. The molecule has 2 N–H and O–H groups in total. The number of halogens is 1. The third-order valence-electron chi connectivity index (χ3n) is 9.24. The lowest BCUT2D eigenvalue weighted by molar-refractivity contribution is -0.124. The first-order valence-corrected chi connectivity index (χ1v) is 15.7. The fourth-order valence-electron chi connectivity index (χ4n) is 6.70. The number of aromatic nitrogens is 4. The van der Waals surface area contributed by atoms with Crippen molar-refractivity contribution < 1.29 is 14.3 Å². The molecule has 0 saturated heterocycles. The van der Waals surface area contributed by atoms with Gasteiger partial charge < -0.3 is 15.0 Å². The number of amides is 1. The largest absolute Gasteiger partial charge is 0.394 e. The standard InChI is InChI=1S/C36H38FN5O4/c1-40-33-32(35(45)41(2)36(40)46)42(30(39-33)20-23-14-18-28(37)19-15-23)21-24-12-16-27(17-13-24)31(26-10-6-7-11-26)34(44)38-29(22-43)25-8-4-3-5-9-25/h3-5,8-9,12-19,26,29,31,43H,6-7,10-11,20-22H2,1-2H3,(H,38,44)/t29-,31?/m0/s1. The summed E-state index contributed by atoms with van der Waals surface area (Å²) in [6.45, 7) is 0.109. The first-order valence-electron chi connectivity index (χ1n) is 15.7. The van der Waals surface area contributed by atoms with Gasteiger partial charge in [0.15, 0.2) is 11.2 Å². The Labute approximate surface area is 266 Å². The van der Waals surface area contributed by atoms with Crippen LogP contribution in [0.3, 0.4) is 0 Å². The van der Waals surface area contributed by atoms with Gasteiger partial charge in [-0.05, 0) is 53.1 Å². The number of fused-ring (bicyclic) bond motifs is 1. The van der Waals surface area contributed by atoms with Crippen LogP contribution in [0.5, 0.6) is 0 Å². The van der Waals surface area contributed by atoms with Crippen molar-refractivity contribution in [2.45, 2.75) is 50.6 Å². The van der Waals surface area contributed by atoms with Gasteiger partial charge in [0.2, 0.25) is 5.91 Å². The summed E-state index contributed by atoms with van der Waals surface area (Å²) < 4.78 is 17.9. The molecule has 1 saturated carbocycles. The number of nitrogens with zero attached hydrogens (tertiary/aromatic N) is 4. The number of imidazole rings is 1. The predicted molar refractivity (Wildman–Crippen MR) is 174 cm³/mol. The first kappa shape index (κ1) is 31.2. The normalized spacial score (nSPS) is 14.9. The minimum absolute atomic E-state index is 0.103. The zero-order valence-electron chi connectivity index (χ0n) is 26.0. The number of nitrogens with one attached hydrogen (secondary N) is 1. The first-order chi connectivity index (χ1) is 22.2. The molecule has 238 valence electrons. The van der Waals surface area contributed by atoms with Crippen molar-refractivity contribution in [1.29, 1.82) is 0 Å². The Morgan fingerprint density at radius 2 is 1.57 bits per heavy atom. The molecule has 2 aromatic heterocycles.